The van der Waals surface area contributed by atoms with Crippen molar-refractivity contribution in [1.29, 1.82) is 0 Å². The summed E-state index contributed by atoms with van der Waals surface area (Å²) in [5, 5.41) is 9.61. The van der Waals surface area contributed by atoms with E-state index < -0.39 is 0 Å². The van der Waals surface area contributed by atoms with Gasteiger partial charge in [-0.25, -0.2) is 4.98 Å². The number of aryl methyl sites for hydroxylation is 2. The maximum Gasteiger partial charge on any atom is 0.248 e. The van der Waals surface area contributed by atoms with Crippen molar-refractivity contribution in [2.24, 2.45) is 7.05 Å². The number of anilines is 1. The van der Waals surface area contributed by atoms with Crippen LogP contribution in [0.5, 0.6) is 0 Å². The van der Waals surface area contributed by atoms with Crippen molar-refractivity contribution in [3.8, 4) is 0 Å². The first-order valence-corrected chi connectivity index (χ1v) is 8.43. The van der Waals surface area contributed by atoms with Crippen molar-refractivity contribution < 1.29 is 9.53 Å². The van der Waals surface area contributed by atoms with Gasteiger partial charge in [0.1, 0.15) is 6.10 Å². The van der Waals surface area contributed by atoms with E-state index in [4.69, 9.17) is 4.74 Å². The summed E-state index contributed by atoms with van der Waals surface area (Å²) in [6.45, 7) is 0.744. The summed E-state index contributed by atoms with van der Waals surface area (Å²) >= 11 is 0. The van der Waals surface area contributed by atoms with Gasteiger partial charge in [0.05, 0.1) is 17.4 Å². The van der Waals surface area contributed by atoms with E-state index in [-0.39, 0.29) is 12.0 Å². The third kappa shape index (κ3) is 3.39. The Morgan fingerprint density at radius 2 is 2.40 bits per heavy atom. The number of nitrogens with one attached hydrogen (secondary N) is 2. The lowest BCUT2D eigenvalue weighted by atomic mass is 10.1. The number of hydrogen-bond acceptors (Lipinski definition) is 5. The van der Waals surface area contributed by atoms with Crippen molar-refractivity contribution in [2.75, 3.05) is 11.9 Å². The van der Waals surface area contributed by atoms with E-state index in [1.807, 2.05) is 29.8 Å². The molecule has 130 valence electrons. The van der Waals surface area contributed by atoms with E-state index >= 15 is 0 Å². The summed E-state index contributed by atoms with van der Waals surface area (Å²) < 4.78 is 7.52. The fraction of sp³-hybridized carbons (Fsp3) is 0.412. The van der Waals surface area contributed by atoms with E-state index in [1.165, 1.54) is 0 Å². The van der Waals surface area contributed by atoms with Crippen LogP contribution in [0.3, 0.4) is 0 Å². The van der Waals surface area contributed by atoms with Gasteiger partial charge in [0, 0.05) is 20.1 Å². The van der Waals surface area contributed by atoms with Gasteiger partial charge in [-0.15, -0.1) is 5.10 Å². The second kappa shape index (κ2) is 6.64. The molecule has 0 bridgehead atoms. The minimum Gasteiger partial charge on any atom is -0.370 e. The van der Waals surface area contributed by atoms with Crippen molar-refractivity contribution in [1.82, 2.24) is 24.7 Å². The molecular weight excluding hydrogens is 320 g/mol. The maximum absolute atomic E-state index is 12.1. The third-order valence-corrected chi connectivity index (χ3v) is 4.42. The molecule has 2 aromatic heterocycles. The van der Waals surface area contributed by atoms with Crippen LogP contribution in [0.4, 0.5) is 5.95 Å². The molecule has 1 aromatic carbocycles. The molecule has 1 atom stereocenters. The number of aromatic amines is 1. The lowest BCUT2D eigenvalue weighted by Gasteiger charge is -2.04. The van der Waals surface area contributed by atoms with E-state index in [0.29, 0.717) is 24.6 Å². The number of nitrogens with zero attached hydrogens (tertiary/aromatic N) is 4. The highest BCUT2D eigenvalue weighted by molar-refractivity contribution is 5.89. The van der Waals surface area contributed by atoms with E-state index in [1.54, 1.807) is 6.33 Å². The molecule has 3 heterocycles. The number of aromatic nitrogens is 5. The molecule has 4 rings (SSSR count). The number of ether oxygens (including phenoxy) is 1. The first kappa shape index (κ1) is 15.8. The molecule has 1 saturated heterocycles. The summed E-state index contributed by atoms with van der Waals surface area (Å²) in [6, 6.07) is 6.07. The molecule has 1 fully saturated rings. The Bertz CT molecular complexity index is 894. The highest BCUT2D eigenvalue weighted by Gasteiger charge is 2.21. The average molecular weight is 340 g/mol. The molecule has 8 nitrogen and oxygen atoms in total. The molecule has 0 aliphatic carbocycles. The van der Waals surface area contributed by atoms with Gasteiger partial charge in [0.15, 0.2) is 5.82 Å². The predicted molar refractivity (Wildman–Crippen MR) is 92.0 cm³/mol. The highest BCUT2D eigenvalue weighted by Crippen LogP contribution is 2.26. The average Bonchev–Trinajstić information content (AvgIpc) is 3.34. The van der Waals surface area contributed by atoms with E-state index in [0.717, 1.165) is 36.0 Å². The van der Waals surface area contributed by atoms with Crippen molar-refractivity contribution >= 4 is 22.9 Å². The molecule has 1 aliphatic rings. The zero-order chi connectivity index (χ0) is 17.2. The van der Waals surface area contributed by atoms with Gasteiger partial charge in [-0.3, -0.25) is 15.2 Å². The van der Waals surface area contributed by atoms with Crippen LogP contribution in [0.1, 0.15) is 36.8 Å². The molecule has 8 heteroatoms. The molecule has 25 heavy (non-hydrogen) atoms. The maximum atomic E-state index is 12.1. The molecule has 0 spiro atoms. The van der Waals surface area contributed by atoms with Crippen molar-refractivity contribution in [2.45, 2.75) is 31.8 Å². The number of benzene rings is 1. The van der Waals surface area contributed by atoms with Gasteiger partial charge in [0.2, 0.25) is 11.9 Å². The zero-order valence-electron chi connectivity index (χ0n) is 14.0. The minimum absolute atomic E-state index is 0.0387. The quantitative estimate of drug-likeness (QED) is 0.741. The predicted octanol–water partition coefficient (Wildman–Crippen LogP) is 2.11. The van der Waals surface area contributed by atoms with Gasteiger partial charge < -0.3 is 9.30 Å². The van der Waals surface area contributed by atoms with Gasteiger partial charge in [-0.05, 0) is 37.0 Å². The second-order valence-electron chi connectivity index (χ2n) is 6.27. The number of carbonyl (C=O) groups is 1. The molecule has 1 aliphatic heterocycles. The Hall–Kier alpha value is -2.74. The number of rotatable bonds is 5. The first-order chi connectivity index (χ1) is 12.2. The van der Waals surface area contributed by atoms with E-state index in [9.17, 15) is 4.79 Å². The number of H-pyrrole nitrogens is 1. The highest BCUT2D eigenvalue weighted by atomic mass is 16.5. The Morgan fingerprint density at radius 1 is 1.48 bits per heavy atom. The van der Waals surface area contributed by atoms with Crippen LogP contribution in [0.25, 0.3) is 11.0 Å². The Labute approximate surface area is 144 Å². The van der Waals surface area contributed by atoms with Gasteiger partial charge in [-0.2, -0.15) is 4.98 Å². The number of amides is 1. The summed E-state index contributed by atoms with van der Waals surface area (Å²) in [6.07, 6.45) is 4.70. The van der Waals surface area contributed by atoms with Crippen molar-refractivity contribution in [3.63, 3.8) is 0 Å². The molecule has 2 N–H and O–H groups in total. The van der Waals surface area contributed by atoms with Crippen molar-refractivity contribution in [3.05, 3.63) is 35.9 Å². The van der Waals surface area contributed by atoms with Gasteiger partial charge in [0.25, 0.3) is 0 Å². The van der Waals surface area contributed by atoms with Crippen LogP contribution >= 0.6 is 0 Å². The lowest BCUT2D eigenvalue weighted by Crippen LogP contribution is -2.13. The van der Waals surface area contributed by atoms with Gasteiger partial charge >= 0.3 is 0 Å². The van der Waals surface area contributed by atoms with Gasteiger partial charge in [-0.1, -0.05) is 6.07 Å². The summed E-state index contributed by atoms with van der Waals surface area (Å²) in [4.78, 5) is 20.8. The molecule has 0 saturated carbocycles. The topological polar surface area (TPSA) is 97.7 Å². The zero-order valence-corrected chi connectivity index (χ0v) is 14.0. The molecule has 0 radical (unpaired) electrons. The van der Waals surface area contributed by atoms with Crippen LogP contribution < -0.4 is 5.32 Å². The van der Waals surface area contributed by atoms with Crippen LogP contribution in [0.2, 0.25) is 0 Å². The van der Waals surface area contributed by atoms with E-state index in [2.05, 4.69) is 25.5 Å². The van der Waals surface area contributed by atoms with Crippen LogP contribution in [0, 0.1) is 0 Å². The SMILES string of the molecule is Cn1cnc2cc(CCC(=O)Nc3n[nH]c([C@H]4CCCO4)n3)ccc21. The summed E-state index contributed by atoms with van der Waals surface area (Å²) in [5.74, 6) is 0.864. The number of carbonyl (C=O) groups excluding carboxylic acids is 1. The smallest absolute Gasteiger partial charge is 0.248 e. The minimum atomic E-state index is -0.112. The Morgan fingerprint density at radius 3 is 3.24 bits per heavy atom. The third-order valence-electron chi connectivity index (χ3n) is 4.42. The number of hydrogen-bond donors (Lipinski definition) is 2. The van der Waals surface area contributed by atoms with Crippen LogP contribution in [-0.2, 0) is 23.0 Å². The molecule has 0 unspecified atom stereocenters. The monoisotopic (exact) mass is 340 g/mol. The molecule has 3 aromatic rings. The molecule has 1 amide bonds. The number of imidazole rings is 1. The Kier molecular flexibility index (Phi) is 4.19. The number of fused-ring (bicyclic) bond motifs is 1. The van der Waals surface area contributed by atoms with Crippen LogP contribution in [0.15, 0.2) is 24.5 Å². The summed E-state index contributed by atoms with van der Waals surface area (Å²) in [5.41, 5.74) is 3.10. The lowest BCUT2D eigenvalue weighted by molar-refractivity contribution is -0.116. The summed E-state index contributed by atoms with van der Waals surface area (Å²) in [7, 11) is 1.96. The van der Waals surface area contributed by atoms with Crippen LogP contribution in [-0.4, -0.2) is 37.2 Å². The fourth-order valence-corrected chi connectivity index (χ4v) is 3.05. The second-order valence-corrected chi connectivity index (χ2v) is 6.27. The first-order valence-electron chi connectivity index (χ1n) is 8.43. The standard InChI is InChI=1S/C17H20N6O2/c1-23-10-18-12-9-11(4-6-13(12)23)5-7-15(24)19-17-20-16(21-22-17)14-3-2-8-25-14/h4,6,9-10,14H,2-3,5,7-8H2,1H3,(H2,19,20,21,22,24)/t14-/m1/s1. The largest absolute Gasteiger partial charge is 0.370 e. The Balaban J connectivity index is 1.33. The molecular formula is C17H20N6O2. The normalized spacial score (nSPS) is 17.2. The fourth-order valence-electron chi connectivity index (χ4n) is 3.05.